The van der Waals surface area contributed by atoms with Crippen LogP contribution in [0.15, 0.2) is 24.3 Å². The van der Waals surface area contributed by atoms with Crippen LogP contribution >= 0.6 is 0 Å². The van der Waals surface area contributed by atoms with Gasteiger partial charge < -0.3 is 19.9 Å². The van der Waals surface area contributed by atoms with Crippen molar-refractivity contribution < 1.29 is 19.0 Å². The van der Waals surface area contributed by atoms with Crippen molar-refractivity contribution in [1.82, 2.24) is 0 Å². The fraction of sp³-hybridized carbons (Fsp3) is 0.588. The molecule has 0 spiro atoms. The van der Waals surface area contributed by atoms with E-state index in [1.807, 2.05) is 24.3 Å². The molecule has 1 fully saturated rings. The van der Waals surface area contributed by atoms with Crippen LogP contribution in [-0.2, 0) is 20.7 Å². The van der Waals surface area contributed by atoms with Crippen molar-refractivity contribution >= 4 is 5.97 Å². The summed E-state index contributed by atoms with van der Waals surface area (Å²) in [5.41, 5.74) is 6.74. The van der Waals surface area contributed by atoms with E-state index in [2.05, 4.69) is 4.74 Å². The van der Waals surface area contributed by atoms with Crippen LogP contribution in [0, 0.1) is 0 Å². The number of ether oxygens (including phenoxy) is 3. The Balaban J connectivity index is 1.79. The highest BCUT2D eigenvalue weighted by Crippen LogP contribution is 2.18. The summed E-state index contributed by atoms with van der Waals surface area (Å²) in [5.74, 6) is 0.395. The van der Waals surface area contributed by atoms with Crippen molar-refractivity contribution in [2.24, 2.45) is 5.73 Å². The van der Waals surface area contributed by atoms with Crippen LogP contribution in [0.25, 0.3) is 0 Å². The Morgan fingerprint density at radius 1 is 1.45 bits per heavy atom. The van der Waals surface area contributed by atoms with Crippen molar-refractivity contribution in [3.8, 4) is 5.75 Å². The Morgan fingerprint density at radius 3 is 3.05 bits per heavy atom. The summed E-state index contributed by atoms with van der Waals surface area (Å²) in [7, 11) is 1.34. The van der Waals surface area contributed by atoms with Crippen LogP contribution in [-0.4, -0.2) is 38.4 Å². The smallest absolute Gasteiger partial charge is 0.322 e. The first-order chi connectivity index (χ1) is 10.7. The standard InChI is InChI=1S/C17H25NO4/c1-20-17(19)16(18)12-13-5-4-7-15(11-13)22-10-8-14-6-2-3-9-21-14/h4-5,7,11,14,16H,2-3,6,8-10,12,18H2,1H3. The summed E-state index contributed by atoms with van der Waals surface area (Å²) in [6.45, 7) is 1.50. The first-order valence-electron chi connectivity index (χ1n) is 7.86. The second-order valence-electron chi connectivity index (χ2n) is 5.61. The average Bonchev–Trinajstić information content (AvgIpc) is 2.55. The summed E-state index contributed by atoms with van der Waals surface area (Å²) >= 11 is 0. The number of methoxy groups -OCH3 is 1. The van der Waals surface area contributed by atoms with Gasteiger partial charge in [-0.05, 0) is 43.4 Å². The van der Waals surface area contributed by atoms with Crippen LogP contribution in [0.1, 0.15) is 31.2 Å². The van der Waals surface area contributed by atoms with Gasteiger partial charge in [-0.25, -0.2) is 0 Å². The molecule has 1 saturated heterocycles. The topological polar surface area (TPSA) is 70.8 Å². The van der Waals surface area contributed by atoms with Gasteiger partial charge in [0.1, 0.15) is 11.8 Å². The number of carbonyl (C=O) groups excluding carboxylic acids is 1. The third kappa shape index (κ3) is 5.31. The van der Waals surface area contributed by atoms with Crippen LogP contribution in [0.2, 0.25) is 0 Å². The van der Waals surface area contributed by atoms with Crippen LogP contribution in [0.3, 0.4) is 0 Å². The van der Waals surface area contributed by atoms with Crippen LogP contribution in [0.4, 0.5) is 0 Å². The van der Waals surface area contributed by atoms with Gasteiger partial charge in [0.2, 0.25) is 0 Å². The van der Waals surface area contributed by atoms with Crippen LogP contribution in [0.5, 0.6) is 5.75 Å². The minimum atomic E-state index is -0.643. The Morgan fingerprint density at radius 2 is 2.32 bits per heavy atom. The number of hydrogen-bond acceptors (Lipinski definition) is 5. The maximum Gasteiger partial charge on any atom is 0.322 e. The molecule has 0 aliphatic carbocycles. The monoisotopic (exact) mass is 307 g/mol. The minimum Gasteiger partial charge on any atom is -0.493 e. The Kier molecular flexibility index (Phi) is 6.68. The van der Waals surface area contributed by atoms with Gasteiger partial charge in [0.15, 0.2) is 0 Å². The van der Waals surface area contributed by atoms with Gasteiger partial charge in [-0.2, -0.15) is 0 Å². The highest BCUT2D eigenvalue weighted by molar-refractivity contribution is 5.75. The molecule has 1 aromatic rings. The Bertz CT molecular complexity index is 471. The number of esters is 1. The lowest BCUT2D eigenvalue weighted by Crippen LogP contribution is -2.33. The van der Waals surface area contributed by atoms with E-state index in [-0.39, 0.29) is 0 Å². The van der Waals surface area contributed by atoms with Crippen molar-refractivity contribution in [3.05, 3.63) is 29.8 Å². The second kappa shape index (κ2) is 8.76. The molecule has 2 rings (SSSR count). The highest BCUT2D eigenvalue weighted by Gasteiger charge is 2.15. The van der Waals surface area contributed by atoms with Gasteiger partial charge in [-0.3, -0.25) is 4.79 Å². The third-order valence-corrected chi connectivity index (χ3v) is 3.84. The number of rotatable bonds is 7. The van der Waals surface area contributed by atoms with Gasteiger partial charge in [-0.15, -0.1) is 0 Å². The summed E-state index contributed by atoms with van der Waals surface area (Å²) in [6.07, 6.45) is 5.20. The fourth-order valence-electron chi connectivity index (χ4n) is 2.59. The second-order valence-corrected chi connectivity index (χ2v) is 5.61. The maximum absolute atomic E-state index is 11.4. The van der Waals surface area contributed by atoms with E-state index < -0.39 is 12.0 Å². The van der Waals surface area contributed by atoms with E-state index >= 15 is 0 Å². The van der Waals surface area contributed by atoms with Gasteiger partial charge in [-0.1, -0.05) is 12.1 Å². The zero-order valence-corrected chi connectivity index (χ0v) is 13.1. The van der Waals surface area contributed by atoms with Crippen molar-refractivity contribution in [2.75, 3.05) is 20.3 Å². The van der Waals surface area contributed by atoms with Gasteiger partial charge in [0.25, 0.3) is 0 Å². The first kappa shape index (κ1) is 16.8. The predicted molar refractivity (Wildman–Crippen MR) is 83.8 cm³/mol. The molecule has 5 nitrogen and oxygen atoms in total. The average molecular weight is 307 g/mol. The SMILES string of the molecule is COC(=O)C(N)Cc1cccc(OCCC2CCCCO2)c1. The van der Waals surface area contributed by atoms with E-state index in [1.165, 1.54) is 20.0 Å². The molecule has 2 N–H and O–H groups in total. The quantitative estimate of drug-likeness (QED) is 0.781. The Hall–Kier alpha value is -1.59. The molecular weight excluding hydrogens is 282 g/mol. The normalized spacial score (nSPS) is 19.5. The zero-order valence-electron chi connectivity index (χ0n) is 13.1. The number of benzene rings is 1. The molecule has 0 radical (unpaired) electrons. The first-order valence-corrected chi connectivity index (χ1v) is 7.86. The van der Waals surface area contributed by atoms with Gasteiger partial charge in [0, 0.05) is 13.0 Å². The third-order valence-electron chi connectivity index (χ3n) is 3.84. The molecule has 2 atom stereocenters. The summed E-state index contributed by atoms with van der Waals surface area (Å²) < 4.78 is 16.1. The molecule has 22 heavy (non-hydrogen) atoms. The predicted octanol–water partition coefficient (Wildman–Crippen LogP) is 2.07. The fourth-order valence-corrected chi connectivity index (χ4v) is 2.59. The molecular formula is C17H25NO4. The van der Waals surface area contributed by atoms with Crippen molar-refractivity contribution in [3.63, 3.8) is 0 Å². The molecule has 0 amide bonds. The molecule has 5 heteroatoms. The summed E-state index contributed by atoms with van der Waals surface area (Å²) in [5, 5.41) is 0. The number of hydrogen-bond donors (Lipinski definition) is 1. The zero-order chi connectivity index (χ0) is 15.8. The molecule has 122 valence electrons. The van der Waals surface area contributed by atoms with Crippen molar-refractivity contribution in [1.29, 1.82) is 0 Å². The van der Waals surface area contributed by atoms with E-state index in [9.17, 15) is 4.79 Å². The number of nitrogens with two attached hydrogens (primary N) is 1. The van der Waals surface area contributed by atoms with E-state index in [4.69, 9.17) is 15.2 Å². The highest BCUT2D eigenvalue weighted by atomic mass is 16.5. The van der Waals surface area contributed by atoms with E-state index in [0.717, 1.165) is 30.8 Å². The molecule has 1 heterocycles. The van der Waals surface area contributed by atoms with E-state index in [0.29, 0.717) is 19.1 Å². The lowest BCUT2D eigenvalue weighted by atomic mass is 10.1. The lowest BCUT2D eigenvalue weighted by molar-refractivity contribution is -0.142. The minimum absolute atomic E-state index is 0.324. The molecule has 1 aliphatic rings. The molecule has 2 unspecified atom stereocenters. The molecule has 1 aromatic carbocycles. The van der Waals surface area contributed by atoms with Crippen LogP contribution < -0.4 is 10.5 Å². The lowest BCUT2D eigenvalue weighted by Gasteiger charge is -2.22. The van der Waals surface area contributed by atoms with Gasteiger partial charge >= 0.3 is 5.97 Å². The molecule has 0 bridgehead atoms. The van der Waals surface area contributed by atoms with Gasteiger partial charge in [0.05, 0.1) is 19.8 Å². The summed E-state index contributed by atoms with van der Waals surface area (Å²) in [4.78, 5) is 11.4. The maximum atomic E-state index is 11.4. The molecule has 0 aromatic heterocycles. The largest absolute Gasteiger partial charge is 0.493 e. The van der Waals surface area contributed by atoms with E-state index in [1.54, 1.807) is 0 Å². The molecule has 0 saturated carbocycles. The van der Waals surface area contributed by atoms with Crippen molar-refractivity contribution in [2.45, 2.75) is 44.2 Å². The summed E-state index contributed by atoms with van der Waals surface area (Å²) in [6, 6.07) is 7.03. The Labute approximate surface area is 131 Å². The number of carbonyl (C=O) groups is 1. The molecule has 1 aliphatic heterocycles.